The van der Waals surface area contributed by atoms with Crippen molar-refractivity contribution in [3.8, 4) is 0 Å². The molecule has 24 heavy (non-hydrogen) atoms. The molecule has 0 amide bonds. The second-order valence-corrected chi connectivity index (χ2v) is 9.02. The van der Waals surface area contributed by atoms with Gasteiger partial charge < -0.3 is 5.11 Å². The summed E-state index contributed by atoms with van der Waals surface area (Å²) in [6, 6.07) is 3.69. The molecule has 1 aromatic carbocycles. The van der Waals surface area contributed by atoms with Crippen molar-refractivity contribution < 1.29 is 26.9 Å². The molecule has 0 aromatic heterocycles. The summed E-state index contributed by atoms with van der Waals surface area (Å²) in [5.41, 5.74) is -1.67. The van der Waals surface area contributed by atoms with Gasteiger partial charge in [0.2, 0.25) is 0 Å². The highest BCUT2D eigenvalue weighted by atomic mass is 35.5. The van der Waals surface area contributed by atoms with Crippen LogP contribution in [0, 0.1) is 5.82 Å². The molecule has 2 N–H and O–H groups in total. The maximum atomic E-state index is 13.7. The molecule has 9 heteroatoms. The number of rotatable bonds is 5. The zero-order valence-corrected chi connectivity index (χ0v) is 15.2. The predicted molar refractivity (Wildman–Crippen MR) is 86.5 cm³/mol. The second-order valence-electron chi connectivity index (χ2n) is 6.68. The third kappa shape index (κ3) is 5.15. The maximum absolute atomic E-state index is 13.7. The van der Waals surface area contributed by atoms with Crippen LogP contribution in [-0.4, -0.2) is 26.3 Å². The van der Waals surface area contributed by atoms with E-state index in [1.54, 1.807) is 20.8 Å². The SMILES string of the molecule is CC(C)(C)[S@@](=O)N[C@@](C)(C[C@H](O)C(F)(F)F)c1cccc(F)c1Cl. The summed E-state index contributed by atoms with van der Waals surface area (Å²) in [5, 5.41) is 9.08. The van der Waals surface area contributed by atoms with Gasteiger partial charge in [-0.2, -0.15) is 13.2 Å². The number of nitrogens with one attached hydrogen (secondary N) is 1. The normalized spacial score (nSPS) is 18.1. The van der Waals surface area contributed by atoms with E-state index in [0.29, 0.717) is 0 Å². The standard InChI is InChI=1S/C15H20ClF4NO2S/c1-13(2,3)24(23)21-14(4,8-11(22)15(18,19)20)9-6-5-7-10(17)12(9)16/h5-7,11,21-22H,8H2,1-4H3/t11-,14-,24+/m0/s1. The average Bonchev–Trinajstić information content (AvgIpc) is 2.39. The Morgan fingerprint density at radius 1 is 1.25 bits per heavy atom. The minimum Gasteiger partial charge on any atom is -0.384 e. The number of benzene rings is 1. The first-order chi connectivity index (χ1) is 10.7. The number of hydrogen-bond acceptors (Lipinski definition) is 2. The lowest BCUT2D eigenvalue weighted by atomic mass is 9.87. The number of aliphatic hydroxyl groups is 1. The molecule has 0 fully saturated rings. The first kappa shape index (κ1) is 21.3. The van der Waals surface area contributed by atoms with Crippen LogP contribution >= 0.6 is 11.6 Å². The zero-order valence-electron chi connectivity index (χ0n) is 13.7. The molecule has 0 aliphatic heterocycles. The minimum absolute atomic E-state index is 0.00920. The van der Waals surface area contributed by atoms with Gasteiger partial charge in [-0.25, -0.2) is 13.3 Å². The van der Waals surface area contributed by atoms with Crippen molar-refractivity contribution in [2.75, 3.05) is 0 Å². The van der Waals surface area contributed by atoms with Gasteiger partial charge in [0, 0.05) is 6.42 Å². The van der Waals surface area contributed by atoms with Crippen molar-refractivity contribution in [2.45, 2.75) is 56.7 Å². The van der Waals surface area contributed by atoms with Crippen LogP contribution in [0.3, 0.4) is 0 Å². The third-order valence-corrected chi connectivity index (χ3v) is 5.53. The summed E-state index contributed by atoms with van der Waals surface area (Å²) >= 11 is 5.90. The molecular formula is C15H20ClF4NO2S. The lowest BCUT2D eigenvalue weighted by Crippen LogP contribution is -2.50. The highest BCUT2D eigenvalue weighted by Gasteiger charge is 2.45. The minimum atomic E-state index is -4.87. The van der Waals surface area contributed by atoms with E-state index >= 15 is 0 Å². The Morgan fingerprint density at radius 2 is 1.79 bits per heavy atom. The third-order valence-electron chi connectivity index (χ3n) is 3.40. The molecule has 0 heterocycles. The van der Waals surface area contributed by atoms with E-state index in [9.17, 15) is 26.9 Å². The number of alkyl halides is 3. The van der Waals surface area contributed by atoms with Crippen LogP contribution in [0.25, 0.3) is 0 Å². The van der Waals surface area contributed by atoms with Gasteiger partial charge in [-0.3, -0.25) is 0 Å². The maximum Gasteiger partial charge on any atom is 0.414 e. The Labute approximate surface area is 146 Å². The van der Waals surface area contributed by atoms with Crippen molar-refractivity contribution in [3.05, 3.63) is 34.6 Å². The molecule has 3 nitrogen and oxygen atoms in total. The monoisotopic (exact) mass is 389 g/mol. The van der Waals surface area contributed by atoms with Crippen molar-refractivity contribution in [1.29, 1.82) is 0 Å². The zero-order chi connectivity index (χ0) is 18.9. The van der Waals surface area contributed by atoms with E-state index in [0.717, 1.165) is 6.07 Å². The quantitative estimate of drug-likeness (QED) is 0.746. The summed E-state index contributed by atoms with van der Waals surface area (Å²) in [5.74, 6) is -0.815. The molecule has 0 spiro atoms. The Bertz CT molecular complexity index is 618. The van der Waals surface area contributed by atoms with Crippen molar-refractivity contribution in [1.82, 2.24) is 4.72 Å². The lowest BCUT2D eigenvalue weighted by Gasteiger charge is -2.36. The van der Waals surface area contributed by atoms with Gasteiger partial charge in [0.15, 0.2) is 6.10 Å². The fourth-order valence-electron chi connectivity index (χ4n) is 2.00. The molecule has 0 unspecified atom stereocenters. The van der Waals surface area contributed by atoms with Crippen LogP contribution in [0.2, 0.25) is 5.02 Å². The molecule has 3 atom stereocenters. The number of halogens is 5. The number of aliphatic hydroxyl groups excluding tert-OH is 1. The van der Waals surface area contributed by atoms with E-state index in [-0.39, 0.29) is 10.6 Å². The Kier molecular flexibility index (Phi) is 6.47. The summed E-state index contributed by atoms with van der Waals surface area (Å²) in [7, 11) is -1.77. The van der Waals surface area contributed by atoms with E-state index in [2.05, 4.69) is 4.72 Å². The highest BCUT2D eigenvalue weighted by molar-refractivity contribution is 7.84. The van der Waals surface area contributed by atoms with Gasteiger partial charge in [-0.05, 0) is 39.3 Å². The molecule has 1 aromatic rings. The molecule has 138 valence electrons. The summed E-state index contributed by atoms with van der Waals surface area (Å²) in [4.78, 5) is 0. The van der Waals surface area contributed by atoms with E-state index < -0.39 is 45.8 Å². The molecular weight excluding hydrogens is 370 g/mol. The smallest absolute Gasteiger partial charge is 0.384 e. The van der Waals surface area contributed by atoms with Crippen LogP contribution in [0.15, 0.2) is 18.2 Å². The van der Waals surface area contributed by atoms with Crippen LogP contribution in [0.1, 0.15) is 39.7 Å². The summed E-state index contributed by atoms with van der Waals surface area (Å²) < 4.78 is 66.3. The molecule has 0 radical (unpaired) electrons. The van der Waals surface area contributed by atoms with Crippen LogP contribution in [0.5, 0.6) is 0 Å². The fourth-order valence-corrected chi connectivity index (χ4v) is 3.24. The van der Waals surface area contributed by atoms with Crippen LogP contribution < -0.4 is 4.72 Å². The van der Waals surface area contributed by atoms with Crippen LogP contribution in [-0.2, 0) is 16.5 Å². The fraction of sp³-hybridized carbons (Fsp3) is 0.600. The molecule has 1 rings (SSSR count). The van der Waals surface area contributed by atoms with Gasteiger partial charge in [0.25, 0.3) is 0 Å². The topological polar surface area (TPSA) is 49.3 Å². The van der Waals surface area contributed by atoms with Gasteiger partial charge in [-0.15, -0.1) is 0 Å². The second kappa shape index (κ2) is 7.27. The first-order valence-electron chi connectivity index (χ1n) is 7.07. The summed E-state index contributed by atoms with van der Waals surface area (Å²) in [6.45, 7) is 6.18. The van der Waals surface area contributed by atoms with Gasteiger partial charge in [-0.1, -0.05) is 23.7 Å². The average molecular weight is 390 g/mol. The number of hydrogen-bond donors (Lipinski definition) is 2. The first-order valence-corrected chi connectivity index (χ1v) is 8.60. The van der Waals surface area contributed by atoms with Gasteiger partial charge in [0.1, 0.15) is 5.82 Å². The van der Waals surface area contributed by atoms with Gasteiger partial charge in [0.05, 0.1) is 26.3 Å². The van der Waals surface area contributed by atoms with Gasteiger partial charge >= 0.3 is 6.18 Å². The summed E-state index contributed by atoms with van der Waals surface area (Å²) in [6.07, 6.45) is -8.43. The molecule has 0 saturated carbocycles. The Balaban J connectivity index is 3.35. The van der Waals surface area contributed by atoms with E-state index in [1.165, 1.54) is 19.1 Å². The molecule has 0 saturated heterocycles. The van der Waals surface area contributed by atoms with Crippen molar-refractivity contribution in [3.63, 3.8) is 0 Å². The highest BCUT2D eigenvalue weighted by Crippen LogP contribution is 2.37. The van der Waals surface area contributed by atoms with Crippen molar-refractivity contribution >= 4 is 22.6 Å². The lowest BCUT2D eigenvalue weighted by molar-refractivity contribution is -0.209. The van der Waals surface area contributed by atoms with Crippen molar-refractivity contribution in [2.24, 2.45) is 0 Å². The molecule has 0 bridgehead atoms. The van der Waals surface area contributed by atoms with E-state index in [4.69, 9.17) is 11.6 Å². The molecule has 0 aliphatic carbocycles. The molecule has 0 aliphatic rings. The Hall–Kier alpha value is -0.700. The Morgan fingerprint density at radius 3 is 2.25 bits per heavy atom. The largest absolute Gasteiger partial charge is 0.414 e. The van der Waals surface area contributed by atoms with Crippen LogP contribution in [0.4, 0.5) is 17.6 Å². The predicted octanol–water partition coefficient (Wildman–Crippen LogP) is 4.06. The van der Waals surface area contributed by atoms with E-state index in [1.807, 2.05) is 0 Å².